The van der Waals surface area contributed by atoms with E-state index < -0.39 is 0 Å². The molecule has 0 amide bonds. The summed E-state index contributed by atoms with van der Waals surface area (Å²) in [6, 6.07) is 94.0. The Morgan fingerprint density at radius 1 is 0.163 bits per heavy atom. The fourth-order valence-corrected chi connectivity index (χ4v) is 10.3. The highest BCUT2D eigenvalue weighted by Gasteiger charge is 2.04. The number of pyridine rings is 7. The number of hydrogen-bond acceptors (Lipinski definition) is 7. The van der Waals surface area contributed by atoms with E-state index in [0.29, 0.717) is 0 Å². The Kier molecular flexibility index (Phi) is 27.4. The molecule has 7 nitrogen and oxygen atoms in total. The van der Waals surface area contributed by atoms with Gasteiger partial charge >= 0.3 is 0 Å². The summed E-state index contributed by atoms with van der Waals surface area (Å²) in [6.45, 7) is 28.7. The maximum atomic E-state index is 4.48. The van der Waals surface area contributed by atoms with Crippen LogP contribution in [0.1, 0.15) is 78.8 Å². The summed E-state index contributed by atoms with van der Waals surface area (Å²) in [6.07, 6.45) is 7.61. The van der Waals surface area contributed by atoms with E-state index in [1.165, 1.54) is 100 Å². The van der Waals surface area contributed by atoms with Gasteiger partial charge in [-0.3, -0.25) is 34.9 Å². The Labute approximate surface area is 583 Å². The van der Waals surface area contributed by atoms with Crippen LogP contribution < -0.4 is 0 Å². The van der Waals surface area contributed by atoms with Crippen molar-refractivity contribution >= 4 is 0 Å². The lowest BCUT2D eigenvalue weighted by atomic mass is 10.0. The van der Waals surface area contributed by atoms with E-state index in [9.17, 15) is 0 Å². The van der Waals surface area contributed by atoms with Gasteiger partial charge in [0.05, 0.1) is 17.1 Å². The highest BCUT2D eigenvalue weighted by Crippen LogP contribution is 2.25. The number of benzene rings is 7. The van der Waals surface area contributed by atoms with Crippen molar-refractivity contribution in [1.29, 1.82) is 0 Å². The van der Waals surface area contributed by atoms with E-state index in [1.807, 2.05) is 152 Å². The van der Waals surface area contributed by atoms with Crippen LogP contribution in [-0.4, -0.2) is 34.9 Å². The van der Waals surface area contributed by atoms with Gasteiger partial charge in [0.25, 0.3) is 0 Å². The molecule has 0 aliphatic heterocycles. The molecule has 490 valence electrons. The second kappa shape index (κ2) is 37.0. The van der Waals surface area contributed by atoms with E-state index in [2.05, 4.69) is 277 Å². The van der Waals surface area contributed by atoms with E-state index in [4.69, 9.17) is 0 Å². The fourth-order valence-electron chi connectivity index (χ4n) is 10.3. The average Bonchev–Trinajstić information content (AvgIpc) is 1.09. The van der Waals surface area contributed by atoms with Crippen molar-refractivity contribution in [2.45, 2.75) is 96.9 Å². The van der Waals surface area contributed by atoms with Gasteiger partial charge in [-0.05, 0) is 204 Å². The molecule has 0 saturated heterocycles. The van der Waals surface area contributed by atoms with E-state index in [1.54, 1.807) is 0 Å². The molecule has 0 saturated carbocycles. The van der Waals surface area contributed by atoms with Crippen molar-refractivity contribution in [3.8, 4) is 78.3 Å². The highest BCUT2D eigenvalue weighted by atomic mass is 14.7. The van der Waals surface area contributed by atoms with Crippen molar-refractivity contribution in [3.05, 3.63) is 377 Å². The van der Waals surface area contributed by atoms with Crippen molar-refractivity contribution in [2.75, 3.05) is 0 Å². The monoisotopic (exact) mass is 1280 g/mol. The zero-order valence-electron chi connectivity index (χ0n) is 59.4. The molecule has 0 aliphatic carbocycles. The van der Waals surface area contributed by atoms with Crippen molar-refractivity contribution in [3.63, 3.8) is 0 Å². The molecule has 98 heavy (non-hydrogen) atoms. The summed E-state index contributed by atoms with van der Waals surface area (Å²) in [4.78, 5) is 30.5. The molecule has 7 heterocycles. The van der Waals surface area contributed by atoms with Gasteiger partial charge in [-0.1, -0.05) is 233 Å². The second-order valence-electron chi connectivity index (χ2n) is 24.8. The second-order valence-corrected chi connectivity index (χ2v) is 24.8. The summed E-state index contributed by atoms with van der Waals surface area (Å²) in [5.74, 6) is 0. The summed E-state index contributed by atoms with van der Waals surface area (Å²) in [5.41, 5.74) is 32.8. The smallest absolute Gasteiger partial charge is 0.0705 e. The molecule has 0 unspecified atom stereocenters. The Balaban J connectivity index is 0.000000146. The number of aryl methyl sites for hydroxylation is 14. The minimum atomic E-state index is 1.05. The molecule has 7 aromatic carbocycles. The molecule has 7 heteroatoms. The highest BCUT2D eigenvalue weighted by molar-refractivity contribution is 5.67. The van der Waals surface area contributed by atoms with Crippen molar-refractivity contribution in [2.24, 2.45) is 0 Å². The molecule has 0 N–H and O–H groups in total. The van der Waals surface area contributed by atoms with Crippen LogP contribution in [0.15, 0.2) is 298 Å². The molecule has 14 aromatic rings. The Morgan fingerprint density at radius 3 is 0.755 bits per heavy atom. The maximum absolute atomic E-state index is 4.48. The van der Waals surface area contributed by atoms with Crippen LogP contribution in [0.3, 0.4) is 0 Å². The lowest BCUT2D eigenvalue weighted by Gasteiger charge is -2.03. The van der Waals surface area contributed by atoms with Gasteiger partial charge in [0, 0.05) is 98.0 Å². The molecule has 0 radical (unpaired) electrons. The van der Waals surface area contributed by atoms with Crippen LogP contribution in [-0.2, 0) is 0 Å². The summed E-state index contributed by atoms with van der Waals surface area (Å²) >= 11 is 0. The summed E-state index contributed by atoms with van der Waals surface area (Å²) < 4.78 is 0. The van der Waals surface area contributed by atoms with Gasteiger partial charge in [-0.15, -0.1) is 0 Å². The van der Waals surface area contributed by atoms with Gasteiger partial charge in [-0.25, -0.2) is 0 Å². The standard InChI is InChI=1S/7C13H13N/c1-10-3-6-12(7-4-10)13-8-5-11(2)14-9-13;2*1-10-5-3-7-12(9-10)13-8-4-6-11(2)14-13;1-10-6-8-12(9-7-10)13-5-3-4-11(2)14-13;1-10-4-3-5-12(8-10)13-6-7-14-11(2)9-13;2*1-10-4-3-5-12(8-10)13-7-6-11(2)14-9-13/h7*3-9H,1-2H3. The molecule has 0 spiro atoms. The molecule has 0 bridgehead atoms. The minimum absolute atomic E-state index is 1.05. The third-order valence-electron chi connectivity index (χ3n) is 15.7. The predicted molar refractivity (Wildman–Crippen MR) is 414 cm³/mol. The van der Waals surface area contributed by atoms with Crippen molar-refractivity contribution < 1.29 is 0 Å². The maximum Gasteiger partial charge on any atom is 0.0705 e. The van der Waals surface area contributed by atoms with E-state index in [-0.39, 0.29) is 0 Å². The predicted octanol–water partition coefficient (Wildman–Crippen LogP) is 23.6. The summed E-state index contributed by atoms with van der Waals surface area (Å²) in [7, 11) is 0. The van der Waals surface area contributed by atoms with Gasteiger partial charge < -0.3 is 0 Å². The minimum Gasteiger partial charge on any atom is -0.262 e. The number of hydrogen-bond donors (Lipinski definition) is 0. The SMILES string of the molecule is Cc1ccc(-c2ccc(C)nc2)cc1.Cc1ccc(-c2cccc(C)n2)cc1.Cc1cccc(-c2ccc(C)nc2)c1.Cc1cccc(-c2ccc(C)nc2)c1.Cc1cccc(-c2cccc(C)n2)c1.Cc1cccc(-c2cccc(C)n2)c1.Cc1cccc(-c2ccnc(C)c2)c1. The third kappa shape index (κ3) is 24.1. The molecular formula is C91H91N7. The first-order valence-electron chi connectivity index (χ1n) is 33.3. The Hall–Kier alpha value is -11.4. The topological polar surface area (TPSA) is 90.2 Å². The van der Waals surface area contributed by atoms with Crippen LogP contribution >= 0.6 is 0 Å². The first kappa shape index (κ1) is 72.4. The quantitative estimate of drug-likeness (QED) is 0.157. The van der Waals surface area contributed by atoms with Crippen molar-refractivity contribution in [1.82, 2.24) is 34.9 Å². The first-order chi connectivity index (χ1) is 47.3. The van der Waals surface area contributed by atoms with Crippen LogP contribution in [0, 0.1) is 96.9 Å². The van der Waals surface area contributed by atoms with Crippen LogP contribution in [0.5, 0.6) is 0 Å². The molecule has 0 atom stereocenters. The normalized spacial score (nSPS) is 10.1. The van der Waals surface area contributed by atoms with E-state index in [0.717, 1.165) is 56.9 Å². The van der Waals surface area contributed by atoms with Crippen LogP contribution in [0.2, 0.25) is 0 Å². The van der Waals surface area contributed by atoms with Crippen LogP contribution in [0.4, 0.5) is 0 Å². The lowest BCUT2D eigenvalue weighted by molar-refractivity contribution is 1.20. The van der Waals surface area contributed by atoms with Gasteiger partial charge in [0.1, 0.15) is 0 Å². The average molecular weight is 1280 g/mol. The van der Waals surface area contributed by atoms with Gasteiger partial charge in [0.15, 0.2) is 0 Å². The first-order valence-corrected chi connectivity index (χ1v) is 33.3. The lowest BCUT2D eigenvalue weighted by Crippen LogP contribution is -1.86. The summed E-state index contributed by atoms with van der Waals surface area (Å²) in [5, 5.41) is 0. The Bertz CT molecular complexity index is 4160. The number of aromatic nitrogens is 7. The zero-order valence-corrected chi connectivity index (χ0v) is 59.4. The Morgan fingerprint density at radius 2 is 0.439 bits per heavy atom. The molecule has 14 rings (SSSR count). The molecule has 0 aliphatic rings. The number of nitrogens with zero attached hydrogens (tertiary/aromatic N) is 7. The van der Waals surface area contributed by atoms with Gasteiger partial charge in [0.2, 0.25) is 0 Å². The van der Waals surface area contributed by atoms with Crippen LogP contribution in [0.25, 0.3) is 78.3 Å². The third-order valence-corrected chi connectivity index (χ3v) is 15.7. The largest absolute Gasteiger partial charge is 0.262 e. The molecule has 0 fully saturated rings. The van der Waals surface area contributed by atoms with Gasteiger partial charge in [-0.2, -0.15) is 0 Å². The fraction of sp³-hybridized carbons (Fsp3) is 0.154. The van der Waals surface area contributed by atoms with E-state index >= 15 is 0 Å². The zero-order chi connectivity index (χ0) is 69.8. The molecule has 7 aromatic heterocycles. The molecular weight excluding hydrogens is 1190 g/mol. The number of rotatable bonds is 7.